The number of fused-ring (bicyclic) bond motifs is 1. The molecular formula is C14H14N2O4. The molecule has 0 aliphatic heterocycles. The van der Waals surface area contributed by atoms with Crippen molar-refractivity contribution in [3.05, 3.63) is 42.0 Å². The maximum absolute atomic E-state index is 11.9. The van der Waals surface area contributed by atoms with Crippen LogP contribution >= 0.6 is 0 Å². The fourth-order valence-electron chi connectivity index (χ4n) is 1.85. The highest BCUT2D eigenvalue weighted by molar-refractivity contribution is 6.03. The molecular weight excluding hydrogens is 260 g/mol. The fraction of sp³-hybridized carbons (Fsp3) is 0.143. The lowest BCUT2D eigenvalue weighted by atomic mass is 10.0. The number of phenolic OH excluding ortho intramolecular Hbond substituents is 1. The zero-order chi connectivity index (χ0) is 14.5. The van der Waals surface area contributed by atoms with E-state index in [9.17, 15) is 14.7 Å². The molecule has 0 saturated carbocycles. The number of nitrogens with two attached hydrogens (primary N) is 1. The number of benzene rings is 2. The second-order valence-electron chi connectivity index (χ2n) is 4.11. The molecule has 0 atom stereocenters. The van der Waals surface area contributed by atoms with Gasteiger partial charge in [-0.15, -0.1) is 0 Å². The lowest BCUT2D eigenvalue weighted by Crippen LogP contribution is -2.29. The molecule has 0 aliphatic carbocycles. The molecule has 2 aromatic carbocycles. The Labute approximate surface area is 115 Å². The van der Waals surface area contributed by atoms with Gasteiger partial charge in [0, 0.05) is 5.39 Å². The number of phenols is 1. The fourth-order valence-corrected chi connectivity index (χ4v) is 1.85. The Balaban J connectivity index is 2.10. The molecule has 104 valence electrons. The molecule has 6 nitrogen and oxygen atoms in total. The van der Waals surface area contributed by atoms with Crippen molar-refractivity contribution in [1.29, 1.82) is 0 Å². The van der Waals surface area contributed by atoms with Crippen molar-refractivity contribution in [2.24, 2.45) is 5.73 Å². The number of amides is 2. The third-order valence-corrected chi connectivity index (χ3v) is 2.78. The third-order valence-electron chi connectivity index (χ3n) is 2.78. The number of ether oxygens (including phenoxy) is 1. The van der Waals surface area contributed by atoms with Crippen molar-refractivity contribution < 1.29 is 19.4 Å². The van der Waals surface area contributed by atoms with Crippen molar-refractivity contribution >= 4 is 22.8 Å². The van der Waals surface area contributed by atoms with E-state index in [-0.39, 0.29) is 24.5 Å². The van der Waals surface area contributed by atoms with E-state index in [2.05, 4.69) is 10.1 Å². The highest BCUT2D eigenvalue weighted by Gasteiger charge is 2.13. The minimum atomic E-state index is -0.896. The Morgan fingerprint density at radius 1 is 1.20 bits per heavy atom. The van der Waals surface area contributed by atoms with E-state index in [1.165, 1.54) is 0 Å². The molecule has 6 heteroatoms. The largest absolute Gasteiger partial charge is 0.506 e. The smallest absolute Gasteiger partial charge is 0.404 e. The second-order valence-corrected chi connectivity index (χ2v) is 4.11. The Morgan fingerprint density at radius 2 is 1.95 bits per heavy atom. The van der Waals surface area contributed by atoms with Gasteiger partial charge in [-0.3, -0.25) is 4.79 Å². The zero-order valence-electron chi connectivity index (χ0n) is 10.6. The molecule has 0 aliphatic rings. The summed E-state index contributed by atoms with van der Waals surface area (Å²) in [6, 6.07) is 10.5. The van der Waals surface area contributed by atoms with E-state index in [0.29, 0.717) is 5.39 Å². The van der Waals surface area contributed by atoms with Crippen LogP contribution in [0, 0.1) is 0 Å². The number of nitrogens with one attached hydrogen (secondary N) is 1. The number of hydrogen-bond donors (Lipinski definition) is 3. The van der Waals surface area contributed by atoms with Gasteiger partial charge in [0.05, 0.1) is 12.1 Å². The predicted molar refractivity (Wildman–Crippen MR) is 73.5 cm³/mol. The van der Waals surface area contributed by atoms with Gasteiger partial charge in [0.2, 0.25) is 0 Å². The third kappa shape index (κ3) is 2.97. The minimum Gasteiger partial charge on any atom is -0.506 e. The molecule has 0 radical (unpaired) electrons. The van der Waals surface area contributed by atoms with Crippen LogP contribution in [-0.2, 0) is 4.74 Å². The summed E-state index contributed by atoms with van der Waals surface area (Å²) < 4.78 is 4.49. The van der Waals surface area contributed by atoms with Crippen LogP contribution in [0.3, 0.4) is 0 Å². The summed E-state index contributed by atoms with van der Waals surface area (Å²) >= 11 is 0. The van der Waals surface area contributed by atoms with Gasteiger partial charge in [-0.2, -0.15) is 0 Å². The van der Waals surface area contributed by atoms with Gasteiger partial charge in [-0.25, -0.2) is 4.79 Å². The van der Waals surface area contributed by atoms with Gasteiger partial charge in [-0.05, 0) is 11.5 Å². The normalized spacial score (nSPS) is 10.2. The van der Waals surface area contributed by atoms with Crippen molar-refractivity contribution in [2.45, 2.75) is 0 Å². The Bertz CT molecular complexity index is 655. The monoisotopic (exact) mass is 274 g/mol. The summed E-state index contributed by atoms with van der Waals surface area (Å²) in [6.07, 6.45) is -0.896. The molecule has 0 saturated heterocycles. The standard InChI is InChI=1S/C14H14N2O4/c15-14(19)20-8-7-16-13(18)11-6-5-9-3-1-2-4-10(9)12(11)17/h1-6,17H,7-8H2,(H2,15,19)(H,16,18). The van der Waals surface area contributed by atoms with Gasteiger partial charge < -0.3 is 20.9 Å². The molecule has 0 fully saturated rings. The number of hydrogen-bond acceptors (Lipinski definition) is 4. The number of carbonyl (C=O) groups excluding carboxylic acids is 2. The second kappa shape index (κ2) is 5.92. The first-order chi connectivity index (χ1) is 9.59. The molecule has 0 spiro atoms. The lowest BCUT2D eigenvalue weighted by molar-refractivity contribution is 0.0934. The number of primary amides is 1. The first-order valence-electron chi connectivity index (χ1n) is 6.00. The average molecular weight is 274 g/mol. The van der Waals surface area contributed by atoms with Crippen molar-refractivity contribution in [3.63, 3.8) is 0 Å². The van der Waals surface area contributed by atoms with Crippen molar-refractivity contribution in [2.75, 3.05) is 13.2 Å². The summed E-state index contributed by atoms with van der Waals surface area (Å²) in [5, 5.41) is 14.1. The van der Waals surface area contributed by atoms with Crippen LogP contribution in [0.5, 0.6) is 5.75 Å². The van der Waals surface area contributed by atoms with E-state index in [1.807, 2.05) is 12.1 Å². The Kier molecular flexibility index (Phi) is 4.05. The number of aromatic hydroxyl groups is 1. The number of carbonyl (C=O) groups is 2. The van der Waals surface area contributed by atoms with Crippen LogP contribution < -0.4 is 11.1 Å². The maximum Gasteiger partial charge on any atom is 0.404 e. The molecule has 2 rings (SSSR count). The molecule has 4 N–H and O–H groups in total. The molecule has 0 heterocycles. The van der Waals surface area contributed by atoms with Gasteiger partial charge in [0.1, 0.15) is 12.4 Å². The predicted octanol–water partition coefficient (Wildman–Crippen LogP) is 1.37. The Hall–Kier alpha value is -2.76. The van der Waals surface area contributed by atoms with Gasteiger partial charge in [0.25, 0.3) is 5.91 Å². The van der Waals surface area contributed by atoms with E-state index in [1.54, 1.807) is 24.3 Å². The van der Waals surface area contributed by atoms with Crippen LogP contribution in [0.1, 0.15) is 10.4 Å². The van der Waals surface area contributed by atoms with E-state index in [0.717, 1.165) is 5.39 Å². The van der Waals surface area contributed by atoms with Gasteiger partial charge in [0.15, 0.2) is 0 Å². The SMILES string of the molecule is NC(=O)OCCNC(=O)c1ccc2ccccc2c1O. The van der Waals surface area contributed by atoms with Crippen molar-refractivity contribution in [3.8, 4) is 5.75 Å². The first-order valence-corrected chi connectivity index (χ1v) is 6.00. The molecule has 2 amide bonds. The molecule has 0 unspecified atom stereocenters. The van der Waals surface area contributed by atoms with Crippen LogP contribution in [-0.4, -0.2) is 30.3 Å². The average Bonchev–Trinajstić information content (AvgIpc) is 2.44. The summed E-state index contributed by atoms with van der Waals surface area (Å²) in [6.45, 7) is 0.101. The summed E-state index contributed by atoms with van der Waals surface area (Å²) in [5.74, 6) is -0.516. The van der Waals surface area contributed by atoms with Crippen molar-refractivity contribution in [1.82, 2.24) is 5.32 Å². The maximum atomic E-state index is 11.9. The zero-order valence-corrected chi connectivity index (χ0v) is 10.6. The molecule has 0 bridgehead atoms. The topological polar surface area (TPSA) is 102 Å². The quantitative estimate of drug-likeness (QED) is 0.733. The van der Waals surface area contributed by atoms with Crippen LogP contribution in [0.25, 0.3) is 10.8 Å². The highest BCUT2D eigenvalue weighted by atomic mass is 16.5. The minimum absolute atomic E-state index is 0.0184. The Morgan fingerprint density at radius 3 is 2.70 bits per heavy atom. The molecule has 2 aromatic rings. The summed E-state index contributed by atoms with van der Waals surface area (Å²) in [7, 11) is 0. The highest BCUT2D eigenvalue weighted by Crippen LogP contribution is 2.28. The molecule has 20 heavy (non-hydrogen) atoms. The van der Waals surface area contributed by atoms with Crippen LogP contribution in [0.2, 0.25) is 0 Å². The van der Waals surface area contributed by atoms with E-state index < -0.39 is 12.0 Å². The lowest BCUT2D eigenvalue weighted by Gasteiger charge is -2.09. The van der Waals surface area contributed by atoms with E-state index in [4.69, 9.17) is 5.73 Å². The van der Waals surface area contributed by atoms with Crippen LogP contribution in [0.15, 0.2) is 36.4 Å². The van der Waals surface area contributed by atoms with Gasteiger partial charge >= 0.3 is 6.09 Å². The summed E-state index contributed by atoms with van der Waals surface area (Å²) in [4.78, 5) is 22.3. The molecule has 0 aromatic heterocycles. The summed E-state index contributed by atoms with van der Waals surface area (Å²) in [5.41, 5.74) is 4.96. The van der Waals surface area contributed by atoms with Crippen LogP contribution in [0.4, 0.5) is 4.79 Å². The van der Waals surface area contributed by atoms with E-state index >= 15 is 0 Å². The first kappa shape index (κ1) is 13.7. The number of rotatable bonds is 4. The van der Waals surface area contributed by atoms with Gasteiger partial charge in [-0.1, -0.05) is 30.3 Å².